The SMILES string of the molecule is CN(Cc1ccc(F)cc1)C(=O)Nc1cnn(Cc2ccccn2)c1. The standard InChI is InChI=1S/C18H18FN5O/c1-23(11-14-5-7-15(19)8-6-14)18(25)22-17-10-21-24(13-17)12-16-4-2-3-9-20-16/h2-10,13H,11-12H2,1H3,(H,22,25). The molecule has 0 radical (unpaired) electrons. The minimum Gasteiger partial charge on any atom is -0.323 e. The van der Waals surface area contributed by atoms with Gasteiger partial charge in [0.1, 0.15) is 5.82 Å². The molecular formula is C18H18FN5O. The van der Waals surface area contributed by atoms with Crippen molar-refractivity contribution in [2.75, 3.05) is 12.4 Å². The number of nitrogens with zero attached hydrogens (tertiary/aromatic N) is 4. The summed E-state index contributed by atoms with van der Waals surface area (Å²) in [4.78, 5) is 18.0. The Morgan fingerprint density at radius 2 is 2.04 bits per heavy atom. The van der Waals surface area contributed by atoms with Crippen molar-refractivity contribution < 1.29 is 9.18 Å². The Labute approximate surface area is 144 Å². The third-order valence-electron chi connectivity index (χ3n) is 3.61. The summed E-state index contributed by atoms with van der Waals surface area (Å²) in [5, 5.41) is 7.01. The fourth-order valence-electron chi connectivity index (χ4n) is 2.33. The number of benzene rings is 1. The van der Waals surface area contributed by atoms with Gasteiger partial charge < -0.3 is 10.2 Å². The second-order valence-electron chi connectivity index (χ2n) is 5.66. The molecule has 2 heterocycles. The van der Waals surface area contributed by atoms with E-state index in [9.17, 15) is 9.18 Å². The lowest BCUT2D eigenvalue weighted by atomic mass is 10.2. The summed E-state index contributed by atoms with van der Waals surface area (Å²) in [6.45, 7) is 0.913. The van der Waals surface area contributed by atoms with Gasteiger partial charge in [0.15, 0.2) is 0 Å². The number of nitrogens with one attached hydrogen (secondary N) is 1. The molecule has 0 atom stereocenters. The molecule has 2 amide bonds. The topological polar surface area (TPSA) is 63.1 Å². The van der Waals surface area contributed by atoms with Gasteiger partial charge in [-0.2, -0.15) is 5.10 Å². The first-order chi connectivity index (χ1) is 12.1. The number of hydrogen-bond acceptors (Lipinski definition) is 3. The smallest absolute Gasteiger partial charge is 0.321 e. The Kier molecular flexibility index (Phi) is 5.03. The Balaban J connectivity index is 1.56. The molecule has 0 unspecified atom stereocenters. The molecule has 3 rings (SSSR count). The van der Waals surface area contributed by atoms with Crippen LogP contribution in [0.5, 0.6) is 0 Å². The molecule has 0 aliphatic carbocycles. The third-order valence-corrected chi connectivity index (χ3v) is 3.61. The van der Waals surface area contributed by atoms with E-state index in [1.807, 2.05) is 18.2 Å². The second-order valence-corrected chi connectivity index (χ2v) is 5.66. The van der Waals surface area contributed by atoms with E-state index in [0.717, 1.165) is 11.3 Å². The van der Waals surface area contributed by atoms with Crippen molar-refractivity contribution in [3.05, 3.63) is 78.1 Å². The first-order valence-corrected chi connectivity index (χ1v) is 7.79. The molecule has 0 aliphatic heterocycles. The summed E-state index contributed by atoms with van der Waals surface area (Å²) in [7, 11) is 1.68. The molecule has 0 fully saturated rings. The predicted octanol–water partition coefficient (Wildman–Crippen LogP) is 3.13. The monoisotopic (exact) mass is 339 g/mol. The normalized spacial score (nSPS) is 10.5. The molecule has 7 heteroatoms. The van der Waals surface area contributed by atoms with Gasteiger partial charge in [0.2, 0.25) is 0 Å². The van der Waals surface area contributed by atoms with Crippen molar-refractivity contribution >= 4 is 11.7 Å². The van der Waals surface area contributed by atoms with Crippen LogP contribution in [0.3, 0.4) is 0 Å². The van der Waals surface area contributed by atoms with Gasteiger partial charge in [0, 0.05) is 26.0 Å². The summed E-state index contributed by atoms with van der Waals surface area (Å²) < 4.78 is 14.6. The maximum atomic E-state index is 12.9. The Bertz CT molecular complexity index is 832. The van der Waals surface area contributed by atoms with Gasteiger partial charge in [0.05, 0.1) is 24.1 Å². The molecule has 3 aromatic rings. The van der Waals surface area contributed by atoms with Crippen LogP contribution in [0.4, 0.5) is 14.9 Å². The predicted molar refractivity (Wildman–Crippen MR) is 92.5 cm³/mol. The lowest BCUT2D eigenvalue weighted by molar-refractivity contribution is 0.220. The van der Waals surface area contributed by atoms with E-state index < -0.39 is 0 Å². The molecule has 0 saturated carbocycles. The van der Waals surface area contributed by atoms with Crippen molar-refractivity contribution in [2.45, 2.75) is 13.1 Å². The first kappa shape index (κ1) is 16.6. The largest absolute Gasteiger partial charge is 0.323 e. The summed E-state index contributed by atoms with van der Waals surface area (Å²) in [6, 6.07) is 11.5. The molecule has 1 aromatic carbocycles. The van der Waals surface area contributed by atoms with Crippen molar-refractivity contribution in [2.24, 2.45) is 0 Å². The highest BCUT2D eigenvalue weighted by Gasteiger charge is 2.11. The minimum atomic E-state index is -0.295. The number of carbonyl (C=O) groups excluding carboxylic acids is 1. The van der Waals surface area contributed by atoms with Gasteiger partial charge in [-0.25, -0.2) is 9.18 Å². The van der Waals surface area contributed by atoms with E-state index in [2.05, 4.69) is 15.4 Å². The molecule has 0 bridgehead atoms. The zero-order chi connectivity index (χ0) is 17.6. The highest BCUT2D eigenvalue weighted by Crippen LogP contribution is 2.10. The number of pyridine rings is 1. The van der Waals surface area contributed by atoms with Crippen LogP contribution in [0.25, 0.3) is 0 Å². The van der Waals surface area contributed by atoms with E-state index in [0.29, 0.717) is 18.8 Å². The number of rotatable bonds is 5. The molecular weight excluding hydrogens is 321 g/mol. The minimum absolute atomic E-state index is 0.262. The number of anilines is 1. The highest BCUT2D eigenvalue weighted by atomic mass is 19.1. The number of amides is 2. The summed E-state index contributed by atoms with van der Waals surface area (Å²) >= 11 is 0. The van der Waals surface area contributed by atoms with Crippen molar-refractivity contribution in [3.8, 4) is 0 Å². The average molecular weight is 339 g/mol. The Morgan fingerprint density at radius 3 is 2.76 bits per heavy atom. The van der Waals surface area contributed by atoms with E-state index >= 15 is 0 Å². The zero-order valence-corrected chi connectivity index (χ0v) is 13.8. The van der Waals surface area contributed by atoms with Gasteiger partial charge >= 0.3 is 6.03 Å². The summed E-state index contributed by atoms with van der Waals surface area (Å²) in [6.07, 6.45) is 5.07. The quantitative estimate of drug-likeness (QED) is 0.777. The van der Waals surface area contributed by atoms with Gasteiger partial charge in [-0.3, -0.25) is 9.67 Å². The lowest BCUT2D eigenvalue weighted by Gasteiger charge is -2.17. The maximum absolute atomic E-state index is 12.9. The fourth-order valence-corrected chi connectivity index (χ4v) is 2.33. The van der Waals surface area contributed by atoms with Crippen molar-refractivity contribution in [1.29, 1.82) is 0 Å². The van der Waals surface area contributed by atoms with Crippen molar-refractivity contribution in [1.82, 2.24) is 19.7 Å². The van der Waals surface area contributed by atoms with Crippen LogP contribution in [-0.4, -0.2) is 32.7 Å². The number of carbonyl (C=O) groups is 1. The number of halogens is 1. The lowest BCUT2D eigenvalue weighted by Crippen LogP contribution is -2.30. The number of urea groups is 1. The van der Waals surface area contributed by atoms with Gasteiger partial charge in [-0.1, -0.05) is 18.2 Å². The van der Waals surface area contributed by atoms with Crippen molar-refractivity contribution in [3.63, 3.8) is 0 Å². The zero-order valence-electron chi connectivity index (χ0n) is 13.8. The second kappa shape index (κ2) is 7.57. The molecule has 2 aromatic heterocycles. The van der Waals surface area contributed by atoms with Crippen LogP contribution in [0.1, 0.15) is 11.3 Å². The molecule has 0 spiro atoms. The molecule has 0 aliphatic rings. The van der Waals surface area contributed by atoms with Crippen LogP contribution >= 0.6 is 0 Å². The fraction of sp³-hybridized carbons (Fsp3) is 0.167. The highest BCUT2D eigenvalue weighted by molar-refractivity contribution is 5.88. The van der Waals surface area contributed by atoms with E-state index in [1.54, 1.807) is 42.5 Å². The Hall–Kier alpha value is -3.22. The molecule has 25 heavy (non-hydrogen) atoms. The first-order valence-electron chi connectivity index (χ1n) is 7.79. The Morgan fingerprint density at radius 1 is 1.24 bits per heavy atom. The van der Waals surface area contributed by atoms with Crippen LogP contribution in [0.15, 0.2) is 61.1 Å². The van der Waals surface area contributed by atoms with Crippen LogP contribution in [0.2, 0.25) is 0 Å². The molecule has 1 N–H and O–H groups in total. The van der Waals surface area contributed by atoms with Gasteiger partial charge in [0.25, 0.3) is 0 Å². The van der Waals surface area contributed by atoms with Crippen LogP contribution in [-0.2, 0) is 13.1 Å². The summed E-state index contributed by atoms with van der Waals surface area (Å²) in [5.74, 6) is -0.295. The molecule has 6 nitrogen and oxygen atoms in total. The van der Waals surface area contributed by atoms with E-state index in [1.165, 1.54) is 17.0 Å². The number of hydrogen-bond donors (Lipinski definition) is 1. The van der Waals surface area contributed by atoms with E-state index in [-0.39, 0.29) is 11.8 Å². The van der Waals surface area contributed by atoms with Crippen LogP contribution in [0, 0.1) is 5.82 Å². The van der Waals surface area contributed by atoms with Crippen LogP contribution < -0.4 is 5.32 Å². The maximum Gasteiger partial charge on any atom is 0.321 e. The molecule has 128 valence electrons. The van der Waals surface area contributed by atoms with Gasteiger partial charge in [-0.05, 0) is 29.8 Å². The third kappa shape index (κ3) is 4.63. The average Bonchev–Trinajstić information content (AvgIpc) is 3.04. The number of aromatic nitrogens is 3. The van der Waals surface area contributed by atoms with Gasteiger partial charge in [-0.15, -0.1) is 0 Å². The molecule has 0 saturated heterocycles. The van der Waals surface area contributed by atoms with E-state index in [4.69, 9.17) is 0 Å². The summed E-state index contributed by atoms with van der Waals surface area (Å²) in [5.41, 5.74) is 2.34.